The van der Waals surface area contributed by atoms with Crippen molar-refractivity contribution < 1.29 is 14.2 Å². The van der Waals surface area contributed by atoms with E-state index in [1.54, 1.807) is 6.92 Å². The SMILES string of the molecule is CCC1(F)CCC(O)(n2ccc(=O)[nH]c2=O)O1. The summed E-state index contributed by atoms with van der Waals surface area (Å²) in [6.07, 6.45) is 1.10. The van der Waals surface area contributed by atoms with E-state index in [1.165, 1.54) is 0 Å². The number of rotatable bonds is 2. The van der Waals surface area contributed by atoms with Crippen molar-refractivity contribution in [2.24, 2.45) is 0 Å². The molecule has 6 nitrogen and oxygen atoms in total. The molecule has 0 aromatic carbocycles. The fraction of sp³-hybridized carbons (Fsp3) is 0.600. The molecule has 2 unspecified atom stereocenters. The van der Waals surface area contributed by atoms with Crippen molar-refractivity contribution in [1.29, 1.82) is 0 Å². The maximum atomic E-state index is 13.9. The number of hydrogen-bond acceptors (Lipinski definition) is 4. The molecular formula is C10H13FN2O4. The predicted octanol–water partition coefficient (Wildman–Crippen LogP) is 0.0254. The fourth-order valence-corrected chi connectivity index (χ4v) is 1.86. The number of nitrogens with zero attached hydrogens (tertiary/aromatic N) is 1. The minimum Gasteiger partial charge on any atom is -0.348 e. The third kappa shape index (κ3) is 2.03. The second-order valence-corrected chi connectivity index (χ2v) is 4.06. The van der Waals surface area contributed by atoms with E-state index < -0.39 is 23.0 Å². The number of ether oxygens (including phenoxy) is 1. The number of H-pyrrole nitrogens is 1. The molecule has 0 saturated carbocycles. The van der Waals surface area contributed by atoms with Gasteiger partial charge in [0.25, 0.3) is 11.5 Å². The molecule has 1 aromatic rings. The molecule has 2 heterocycles. The lowest BCUT2D eigenvalue weighted by atomic mass is 10.1. The highest BCUT2D eigenvalue weighted by Gasteiger charge is 2.49. The van der Waals surface area contributed by atoms with Crippen LogP contribution in [0.15, 0.2) is 21.9 Å². The number of hydrogen-bond donors (Lipinski definition) is 2. The van der Waals surface area contributed by atoms with Gasteiger partial charge in [0.1, 0.15) is 0 Å². The van der Waals surface area contributed by atoms with Gasteiger partial charge < -0.3 is 5.11 Å². The number of aromatic nitrogens is 2. The van der Waals surface area contributed by atoms with Crippen LogP contribution in [0, 0.1) is 0 Å². The molecule has 1 aliphatic rings. The Morgan fingerprint density at radius 2 is 2.29 bits per heavy atom. The molecule has 0 radical (unpaired) electrons. The quantitative estimate of drug-likeness (QED) is 0.768. The highest BCUT2D eigenvalue weighted by atomic mass is 19.2. The van der Waals surface area contributed by atoms with Gasteiger partial charge in [-0.2, -0.15) is 0 Å². The number of aromatic amines is 1. The van der Waals surface area contributed by atoms with Gasteiger partial charge in [0.05, 0.1) is 0 Å². The van der Waals surface area contributed by atoms with Crippen LogP contribution in [0.4, 0.5) is 4.39 Å². The molecule has 1 aromatic heterocycles. The number of nitrogens with one attached hydrogen (secondary N) is 1. The number of alkyl halides is 1. The van der Waals surface area contributed by atoms with Crippen LogP contribution in [-0.2, 0) is 10.6 Å². The Labute approximate surface area is 95.7 Å². The van der Waals surface area contributed by atoms with Gasteiger partial charge in [0, 0.05) is 31.5 Å². The minimum absolute atomic E-state index is 0.00837. The maximum absolute atomic E-state index is 13.9. The molecule has 0 spiro atoms. The normalized spacial score (nSPS) is 32.9. The first-order chi connectivity index (χ1) is 7.88. The second-order valence-electron chi connectivity index (χ2n) is 4.06. The van der Waals surface area contributed by atoms with Crippen molar-refractivity contribution in [3.8, 4) is 0 Å². The topological polar surface area (TPSA) is 84.3 Å². The summed E-state index contributed by atoms with van der Waals surface area (Å²) < 4.78 is 19.6. The molecule has 0 amide bonds. The molecule has 17 heavy (non-hydrogen) atoms. The zero-order chi connectivity index (χ0) is 12.7. The molecule has 0 bridgehead atoms. The van der Waals surface area contributed by atoms with Gasteiger partial charge in [-0.1, -0.05) is 6.92 Å². The summed E-state index contributed by atoms with van der Waals surface area (Å²) in [6.45, 7) is 1.58. The fourth-order valence-electron chi connectivity index (χ4n) is 1.86. The Hall–Kier alpha value is -1.47. The van der Waals surface area contributed by atoms with E-state index in [0.717, 1.165) is 16.8 Å². The largest absolute Gasteiger partial charge is 0.348 e. The van der Waals surface area contributed by atoms with E-state index >= 15 is 0 Å². The van der Waals surface area contributed by atoms with Gasteiger partial charge in [-0.05, 0) is 0 Å². The first-order valence-corrected chi connectivity index (χ1v) is 5.32. The van der Waals surface area contributed by atoms with Crippen LogP contribution in [0.5, 0.6) is 0 Å². The monoisotopic (exact) mass is 244 g/mol. The van der Waals surface area contributed by atoms with Crippen molar-refractivity contribution >= 4 is 0 Å². The van der Waals surface area contributed by atoms with Crippen molar-refractivity contribution in [3.05, 3.63) is 33.1 Å². The van der Waals surface area contributed by atoms with E-state index in [4.69, 9.17) is 4.74 Å². The summed E-state index contributed by atoms with van der Waals surface area (Å²) >= 11 is 0. The lowest BCUT2D eigenvalue weighted by Crippen LogP contribution is -2.44. The molecule has 2 N–H and O–H groups in total. The summed E-state index contributed by atoms with van der Waals surface area (Å²) in [7, 11) is 0. The van der Waals surface area contributed by atoms with Gasteiger partial charge in [0.15, 0.2) is 0 Å². The predicted molar refractivity (Wildman–Crippen MR) is 56.0 cm³/mol. The Balaban J connectivity index is 2.41. The summed E-state index contributed by atoms with van der Waals surface area (Å²) in [6, 6.07) is 1.06. The van der Waals surface area contributed by atoms with Crippen molar-refractivity contribution in [3.63, 3.8) is 0 Å². The standard InChI is InChI=1S/C10H13FN2O4/c1-2-9(11)4-5-10(16,17-9)13-6-3-7(14)12-8(13)15/h3,6,16H,2,4-5H2,1H3,(H,12,14,15). The number of aliphatic hydroxyl groups is 1. The zero-order valence-electron chi connectivity index (χ0n) is 9.27. The van der Waals surface area contributed by atoms with E-state index in [1.807, 2.05) is 4.98 Å². The van der Waals surface area contributed by atoms with E-state index in [2.05, 4.69) is 0 Å². The zero-order valence-corrected chi connectivity index (χ0v) is 9.27. The summed E-state index contributed by atoms with van der Waals surface area (Å²) in [4.78, 5) is 24.3. The Morgan fingerprint density at radius 3 is 2.82 bits per heavy atom. The Morgan fingerprint density at radius 1 is 1.59 bits per heavy atom. The molecule has 1 aliphatic heterocycles. The molecule has 2 rings (SSSR count). The first kappa shape index (κ1) is 12.0. The van der Waals surface area contributed by atoms with E-state index in [-0.39, 0.29) is 19.3 Å². The minimum atomic E-state index is -2.04. The first-order valence-electron chi connectivity index (χ1n) is 5.32. The van der Waals surface area contributed by atoms with E-state index in [0.29, 0.717) is 0 Å². The van der Waals surface area contributed by atoms with Crippen LogP contribution in [0.2, 0.25) is 0 Å². The third-order valence-corrected chi connectivity index (χ3v) is 2.90. The van der Waals surface area contributed by atoms with Crippen LogP contribution in [0.1, 0.15) is 26.2 Å². The molecule has 1 saturated heterocycles. The van der Waals surface area contributed by atoms with Crippen LogP contribution in [-0.4, -0.2) is 20.5 Å². The van der Waals surface area contributed by atoms with Crippen molar-refractivity contribution in [2.45, 2.75) is 38.0 Å². The summed E-state index contributed by atoms with van der Waals surface area (Å²) in [5.41, 5.74) is -1.42. The second kappa shape index (κ2) is 3.78. The lowest BCUT2D eigenvalue weighted by molar-refractivity contribution is -0.309. The average molecular weight is 244 g/mol. The van der Waals surface area contributed by atoms with Crippen LogP contribution in [0.25, 0.3) is 0 Å². The maximum Gasteiger partial charge on any atom is 0.332 e. The van der Waals surface area contributed by atoms with Gasteiger partial charge in [0.2, 0.25) is 5.85 Å². The van der Waals surface area contributed by atoms with Gasteiger partial charge in [-0.3, -0.25) is 14.5 Å². The molecular weight excluding hydrogens is 231 g/mol. The van der Waals surface area contributed by atoms with Crippen LogP contribution < -0.4 is 11.2 Å². The lowest BCUT2D eigenvalue weighted by Gasteiger charge is -2.26. The van der Waals surface area contributed by atoms with Gasteiger partial charge in [-0.15, -0.1) is 0 Å². The van der Waals surface area contributed by atoms with Crippen LogP contribution in [0.3, 0.4) is 0 Å². The molecule has 94 valence electrons. The highest BCUT2D eigenvalue weighted by molar-refractivity contribution is 4.89. The van der Waals surface area contributed by atoms with E-state index in [9.17, 15) is 19.1 Å². The van der Waals surface area contributed by atoms with Gasteiger partial charge >= 0.3 is 5.69 Å². The molecule has 1 fully saturated rings. The molecule has 2 atom stereocenters. The summed E-state index contributed by atoms with van der Waals surface area (Å²) in [5, 5.41) is 10.1. The number of halogens is 1. The Bertz CT molecular complexity index is 540. The third-order valence-electron chi connectivity index (χ3n) is 2.90. The van der Waals surface area contributed by atoms with Crippen molar-refractivity contribution in [1.82, 2.24) is 9.55 Å². The smallest absolute Gasteiger partial charge is 0.332 e. The highest BCUT2D eigenvalue weighted by Crippen LogP contribution is 2.41. The summed E-state index contributed by atoms with van der Waals surface area (Å²) in [5.74, 6) is -3.98. The van der Waals surface area contributed by atoms with Crippen molar-refractivity contribution in [2.75, 3.05) is 0 Å². The average Bonchev–Trinajstić information content (AvgIpc) is 2.57. The Kier molecular flexibility index (Phi) is 2.67. The molecule has 0 aliphatic carbocycles. The van der Waals surface area contributed by atoms with Crippen LogP contribution >= 0.6 is 0 Å². The molecule has 7 heteroatoms. The van der Waals surface area contributed by atoms with Gasteiger partial charge in [-0.25, -0.2) is 13.8 Å².